The number of pyridine rings is 2. The molecule has 41 heavy (non-hydrogen) atoms. The fourth-order valence-electron chi connectivity index (χ4n) is 4.54. The van der Waals surface area contributed by atoms with Crippen LogP contribution in [0.5, 0.6) is 5.88 Å². The standard InChI is InChI=1S/C29H41BF3N3O4Si/c1-26(2,3)41(9,10)38-18-21(15-30-39-27(4,5)28(6,7)40-30)19-13-20(17-34-16-19)22-11-12-25(37-8)36-23(22)14-24(35-36)29(31,32)33/h11-14,16-17,21H,15,18H2,1-10H3. The van der Waals surface area contributed by atoms with E-state index in [2.05, 4.69) is 43.9 Å². The molecule has 0 bridgehead atoms. The minimum Gasteiger partial charge on any atom is -0.481 e. The highest BCUT2D eigenvalue weighted by molar-refractivity contribution is 6.74. The highest BCUT2D eigenvalue weighted by atomic mass is 28.4. The number of aromatic nitrogens is 3. The van der Waals surface area contributed by atoms with E-state index in [9.17, 15) is 13.2 Å². The van der Waals surface area contributed by atoms with Crippen LogP contribution in [0.2, 0.25) is 24.5 Å². The second-order valence-electron chi connectivity index (χ2n) is 13.3. The lowest BCUT2D eigenvalue weighted by Crippen LogP contribution is -2.42. The number of hydrogen-bond donors (Lipinski definition) is 0. The highest BCUT2D eigenvalue weighted by Gasteiger charge is 2.51. The maximum absolute atomic E-state index is 13.6. The van der Waals surface area contributed by atoms with Crippen molar-refractivity contribution in [3.63, 3.8) is 0 Å². The molecule has 224 valence electrons. The number of rotatable bonds is 8. The molecule has 1 unspecified atom stereocenters. The summed E-state index contributed by atoms with van der Waals surface area (Å²) in [5.41, 5.74) is 0.438. The summed E-state index contributed by atoms with van der Waals surface area (Å²) in [6.45, 7) is 19.5. The van der Waals surface area contributed by atoms with Crippen molar-refractivity contribution in [2.75, 3.05) is 13.7 Å². The average Bonchev–Trinajstić information content (AvgIpc) is 3.39. The van der Waals surface area contributed by atoms with Gasteiger partial charge in [-0.05, 0) is 75.9 Å². The molecule has 4 rings (SSSR count). The summed E-state index contributed by atoms with van der Waals surface area (Å²) < 4.78 is 66.5. The van der Waals surface area contributed by atoms with Gasteiger partial charge in [-0.2, -0.15) is 22.8 Å². The number of ether oxygens (including phenoxy) is 1. The van der Waals surface area contributed by atoms with Gasteiger partial charge in [0.25, 0.3) is 0 Å². The Morgan fingerprint density at radius 2 is 1.66 bits per heavy atom. The van der Waals surface area contributed by atoms with Crippen LogP contribution in [0.25, 0.3) is 16.6 Å². The van der Waals surface area contributed by atoms with Crippen LogP contribution in [-0.2, 0) is 19.9 Å². The van der Waals surface area contributed by atoms with Crippen molar-refractivity contribution in [3.8, 4) is 17.0 Å². The predicted molar refractivity (Wildman–Crippen MR) is 157 cm³/mol. The first-order valence-electron chi connectivity index (χ1n) is 13.8. The summed E-state index contributed by atoms with van der Waals surface area (Å²) in [5, 5.41) is 3.79. The van der Waals surface area contributed by atoms with Gasteiger partial charge < -0.3 is 18.5 Å². The Hall–Kier alpha value is -2.41. The fourth-order valence-corrected chi connectivity index (χ4v) is 5.59. The lowest BCUT2D eigenvalue weighted by molar-refractivity contribution is -0.141. The second kappa shape index (κ2) is 10.7. The van der Waals surface area contributed by atoms with E-state index < -0.39 is 38.5 Å². The number of fused-ring (bicyclic) bond motifs is 1. The third-order valence-corrected chi connectivity index (χ3v) is 13.4. The Balaban J connectivity index is 1.74. The van der Waals surface area contributed by atoms with Gasteiger partial charge >= 0.3 is 13.3 Å². The lowest BCUT2D eigenvalue weighted by atomic mass is 9.75. The molecular weight excluding hydrogens is 550 g/mol. The van der Waals surface area contributed by atoms with Crippen molar-refractivity contribution in [2.45, 2.75) is 96.2 Å². The minimum atomic E-state index is -4.59. The first-order chi connectivity index (χ1) is 18.8. The molecule has 0 radical (unpaired) electrons. The first kappa shape index (κ1) is 31.5. The molecule has 0 amide bonds. The Bertz CT molecular complexity index is 1390. The maximum Gasteiger partial charge on any atom is 0.458 e. The van der Waals surface area contributed by atoms with Gasteiger partial charge in [0, 0.05) is 42.1 Å². The normalized spacial score (nSPS) is 18.2. The maximum atomic E-state index is 13.6. The van der Waals surface area contributed by atoms with Gasteiger partial charge in [0.2, 0.25) is 5.88 Å². The van der Waals surface area contributed by atoms with Gasteiger partial charge in [0.15, 0.2) is 14.0 Å². The molecule has 1 fully saturated rings. The van der Waals surface area contributed by atoms with E-state index in [-0.39, 0.29) is 22.4 Å². The van der Waals surface area contributed by atoms with E-state index in [1.807, 2.05) is 33.8 Å². The molecule has 12 heteroatoms. The van der Waals surface area contributed by atoms with Gasteiger partial charge in [-0.1, -0.05) is 20.8 Å². The average molecular weight is 592 g/mol. The zero-order valence-corrected chi connectivity index (χ0v) is 26.6. The van der Waals surface area contributed by atoms with Crippen LogP contribution in [0.1, 0.15) is 65.6 Å². The number of alkyl halides is 3. The van der Waals surface area contributed by atoms with E-state index in [1.54, 1.807) is 24.5 Å². The molecule has 1 aliphatic heterocycles. The lowest BCUT2D eigenvalue weighted by Gasteiger charge is -2.37. The summed E-state index contributed by atoms with van der Waals surface area (Å²) >= 11 is 0. The molecule has 0 N–H and O–H groups in total. The van der Waals surface area contributed by atoms with E-state index in [0.717, 1.165) is 11.6 Å². The number of nitrogens with zero attached hydrogens (tertiary/aromatic N) is 3. The second-order valence-corrected chi connectivity index (χ2v) is 18.1. The van der Waals surface area contributed by atoms with Crippen LogP contribution < -0.4 is 4.74 Å². The van der Waals surface area contributed by atoms with Gasteiger partial charge in [0.05, 0.1) is 23.8 Å². The molecule has 0 aliphatic carbocycles. The van der Waals surface area contributed by atoms with Crippen LogP contribution in [0.15, 0.2) is 36.7 Å². The smallest absolute Gasteiger partial charge is 0.458 e. The van der Waals surface area contributed by atoms with Crippen molar-refractivity contribution < 1.29 is 31.6 Å². The molecule has 1 atom stereocenters. The molecule has 7 nitrogen and oxygen atoms in total. The third-order valence-electron chi connectivity index (χ3n) is 8.86. The van der Waals surface area contributed by atoms with Crippen LogP contribution in [0.4, 0.5) is 13.2 Å². The van der Waals surface area contributed by atoms with Crippen molar-refractivity contribution in [2.24, 2.45) is 0 Å². The molecule has 3 aromatic heterocycles. The third kappa shape index (κ3) is 6.35. The largest absolute Gasteiger partial charge is 0.481 e. The van der Waals surface area contributed by atoms with Crippen LogP contribution in [0, 0.1) is 0 Å². The summed E-state index contributed by atoms with van der Waals surface area (Å²) in [6.07, 6.45) is -0.627. The molecule has 4 heterocycles. The van der Waals surface area contributed by atoms with Gasteiger partial charge in [-0.15, -0.1) is 0 Å². The van der Waals surface area contributed by atoms with E-state index in [1.165, 1.54) is 11.6 Å². The van der Waals surface area contributed by atoms with Crippen molar-refractivity contribution in [3.05, 3.63) is 47.9 Å². The zero-order chi connectivity index (χ0) is 30.6. The molecule has 0 saturated carbocycles. The van der Waals surface area contributed by atoms with E-state index in [0.29, 0.717) is 24.1 Å². The predicted octanol–water partition coefficient (Wildman–Crippen LogP) is 7.62. The van der Waals surface area contributed by atoms with E-state index >= 15 is 0 Å². The number of halogens is 3. The molecule has 1 saturated heterocycles. The van der Waals surface area contributed by atoms with Gasteiger partial charge in [0.1, 0.15) is 0 Å². The Morgan fingerprint density at radius 1 is 1.02 bits per heavy atom. The van der Waals surface area contributed by atoms with Gasteiger partial charge in [-0.25, -0.2) is 0 Å². The molecular formula is C29H41BF3N3O4Si. The van der Waals surface area contributed by atoms with E-state index in [4.69, 9.17) is 18.5 Å². The highest BCUT2D eigenvalue weighted by Crippen LogP contribution is 2.42. The topological polar surface area (TPSA) is 67.1 Å². The van der Waals surface area contributed by atoms with Crippen molar-refractivity contribution >= 4 is 21.0 Å². The fraction of sp³-hybridized carbons (Fsp3) is 0.586. The SMILES string of the molecule is COc1ccc(-c2cncc(C(CO[Si](C)(C)C(C)(C)C)CB3OC(C)(C)C(C)(C)O3)c2)c2cc(C(F)(F)F)nn12. The Labute approximate surface area is 242 Å². The first-order valence-corrected chi connectivity index (χ1v) is 16.8. The summed E-state index contributed by atoms with van der Waals surface area (Å²) in [4.78, 5) is 4.50. The molecule has 0 aromatic carbocycles. The summed E-state index contributed by atoms with van der Waals surface area (Å²) in [7, 11) is -1.14. The Morgan fingerprint density at radius 3 is 2.22 bits per heavy atom. The van der Waals surface area contributed by atoms with Crippen LogP contribution in [0.3, 0.4) is 0 Å². The van der Waals surface area contributed by atoms with Crippen LogP contribution >= 0.6 is 0 Å². The minimum absolute atomic E-state index is 0.0227. The van der Waals surface area contributed by atoms with Gasteiger partial charge in [-0.3, -0.25) is 4.98 Å². The zero-order valence-electron chi connectivity index (χ0n) is 25.6. The quantitative estimate of drug-likeness (QED) is 0.251. The van der Waals surface area contributed by atoms with Crippen LogP contribution in [-0.4, -0.2) is 55.0 Å². The van der Waals surface area contributed by atoms with Crippen molar-refractivity contribution in [1.82, 2.24) is 14.6 Å². The molecule has 0 spiro atoms. The summed E-state index contributed by atoms with van der Waals surface area (Å²) in [6, 6.07) is 6.32. The Kier molecular flexibility index (Phi) is 8.23. The molecule has 3 aromatic rings. The summed E-state index contributed by atoms with van der Waals surface area (Å²) in [5.74, 6) is 0.0703. The van der Waals surface area contributed by atoms with Crippen molar-refractivity contribution in [1.29, 1.82) is 0 Å². The monoisotopic (exact) mass is 591 g/mol. The molecule has 1 aliphatic rings. The number of methoxy groups -OCH3 is 1. The number of hydrogen-bond acceptors (Lipinski definition) is 6.